The minimum atomic E-state index is -3.00. The van der Waals surface area contributed by atoms with E-state index in [0.717, 1.165) is 12.5 Å². The molecule has 0 aliphatic carbocycles. The van der Waals surface area contributed by atoms with Gasteiger partial charge >= 0.3 is 6.61 Å². The first-order chi connectivity index (χ1) is 13.2. The Morgan fingerprint density at radius 2 is 2.14 bits per heavy atom. The molecule has 1 atom stereocenters. The van der Waals surface area contributed by atoms with Crippen LogP contribution in [0.25, 0.3) is 0 Å². The number of likely N-dealkylation sites (tertiary alicyclic amines) is 1. The highest BCUT2D eigenvalue weighted by Gasteiger charge is 2.35. The molecule has 6 nitrogen and oxygen atoms in total. The molecule has 154 valence electrons. The smallest absolute Gasteiger partial charge is 0.387 e. The number of ether oxygens (including phenoxy) is 1. The van der Waals surface area contributed by atoms with Crippen LogP contribution in [0, 0.1) is 5.82 Å². The van der Waals surface area contributed by atoms with Gasteiger partial charge in [0.05, 0.1) is 12.0 Å². The zero-order chi connectivity index (χ0) is 20.3. The minimum absolute atomic E-state index is 0.134. The molecule has 0 amide bonds. The largest absolute Gasteiger partial charge is 0.435 e. The van der Waals surface area contributed by atoms with E-state index in [1.54, 1.807) is 0 Å². The van der Waals surface area contributed by atoms with Crippen molar-refractivity contribution in [1.29, 1.82) is 0 Å². The number of rotatable bonds is 7. The van der Waals surface area contributed by atoms with Crippen molar-refractivity contribution >= 4 is 0 Å². The van der Waals surface area contributed by atoms with Gasteiger partial charge in [0.25, 0.3) is 0 Å². The highest BCUT2D eigenvalue weighted by molar-refractivity contribution is 5.29. The first-order valence-electron chi connectivity index (χ1n) is 9.24. The second-order valence-corrected chi connectivity index (χ2v) is 7.55. The Kier molecular flexibility index (Phi) is 6.24. The van der Waals surface area contributed by atoms with Crippen LogP contribution < -0.4 is 4.74 Å². The van der Waals surface area contributed by atoms with Crippen LogP contribution in [0.15, 0.2) is 22.7 Å². The molecule has 9 heteroatoms. The molecular formula is C19H24F3N3O3. The molecule has 2 aromatic rings. The summed E-state index contributed by atoms with van der Waals surface area (Å²) in [7, 11) is 0. The predicted octanol–water partition coefficient (Wildman–Crippen LogP) is 3.50. The second-order valence-electron chi connectivity index (χ2n) is 7.55. The SMILES string of the molecule is CC(C)c1noc(CC2(O)CCCN(Cc3ccc(OC(F)F)cc3F)C2)n1. The van der Waals surface area contributed by atoms with Crippen LogP contribution in [0.5, 0.6) is 5.75 Å². The Balaban J connectivity index is 1.64. The van der Waals surface area contributed by atoms with Crippen molar-refractivity contribution in [2.45, 2.75) is 57.8 Å². The molecule has 1 fully saturated rings. The number of piperidine rings is 1. The maximum atomic E-state index is 14.2. The summed E-state index contributed by atoms with van der Waals surface area (Å²) in [5.41, 5.74) is -0.695. The van der Waals surface area contributed by atoms with Gasteiger partial charge in [-0.15, -0.1) is 0 Å². The Labute approximate surface area is 161 Å². The summed E-state index contributed by atoms with van der Waals surface area (Å²) in [5, 5.41) is 14.9. The minimum Gasteiger partial charge on any atom is -0.435 e. The summed E-state index contributed by atoms with van der Waals surface area (Å²) in [6, 6.07) is 3.68. The molecule has 1 saturated heterocycles. The van der Waals surface area contributed by atoms with Gasteiger partial charge in [0.2, 0.25) is 5.89 Å². The van der Waals surface area contributed by atoms with Crippen molar-refractivity contribution in [1.82, 2.24) is 15.0 Å². The number of hydrogen-bond acceptors (Lipinski definition) is 6. The van der Waals surface area contributed by atoms with Gasteiger partial charge in [0.1, 0.15) is 11.6 Å². The first kappa shape index (κ1) is 20.6. The van der Waals surface area contributed by atoms with Crippen molar-refractivity contribution in [3.05, 3.63) is 41.3 Å². The molecule has 2 heterocycles. The number of hydrogen-bond donors (Lipinski definition) is 1. The molecular weight excluding hydrogens is 375 g/mol. The third-order valence-electron chi connectivity index (χ3n) is 4.76. The summed E-state index contributed by atoms with van der Waals surface area (Å²) in [5.74, 6) is 0.275. The Hall–Kier alpha value is -2.13. The summed E-state index contributed by atoms with van der Waals surface area (Å²) >= 11 is 0. The van der Waals surface area contributed by atoms with E-state index in [1.165, 1.54) is 12.1 Å². The van der Waals surface area contributed by atoms with Crippen LogP contribution in [0.1, 0.15) is 49.9 Å². The lowest BCUT2D eigenvalue weighted by atomic mass is 9.89. The fourth-order valence-electron chi connectivity index (χ4n) is 3.41. The van der Waals surface area contributed by atoms with Gasteiger partial charge < -0.3 is 14.4 Å². The number of aliphatic hydroxyl groups is 1. The van der Waals surface area contributed by atoms with Crippen molar-refractivity contribution < 1.29 is 27.5 Å². The topological polar surface area (TPSA) is 71.6 Å². The normalized spacial score (nSPS) is 20.9. The lowest BCUT2D eigenvalue weighted by molar-refractivity contribution is -0.0501. The van der Waals surface area contributed by atoms with Crippen LogP contribution >= 0.6 is 0 Å². The average Bonchev–Trinajstić information content (AvgIpc) is 3.05. The third-order valence-corrected chi connectivity index (χ3v) is 4.76. The van der Waals surface area contributed by atoms with E-state index >= 15 is 0 Å². The number of aromatic nitrogens is 2. The number of halogens is 3. The fourth-order valence-corrected chi connectivity index (χ4v) is 3.41. The lowest BCUT2D eigenvalue weighted by Crippen LogP contribution is -2.49. The van der Waals surface area contributed by atoms with Crippen LogP contribution in [0.4, 0.5) is 13.2 Å². The molecule has 0 saturated carbocycles. The maximum Gasteiger partial charge on any atom is 0.387 e. The highest BCUT2D eigenvalue weighted by Crippen LogP contribution is 2.27. The van der Waals surface area contributed by atoms with Crippen LogP contribution in [0.3, 0.4) is 0 Å². The van der Waals surface area contributed by atoms with Crippen LogP contribution in [-0.2, 0) is 13.0 Å². The standard InChI is InChI=1S/C19H24F3N3O3/c1-12(2)17-23-16(28-24-17)9-19(26)6-3-7-25(11-19)10-13-4-5-14(8-15(13)20)27-18(21)22/h4-5,8,12,18,26H,3,6-7,9-11H2,1-2H3. The van der Waals surface area contributed by atoms with Crippen molar-refractivity contribution in [2.75, 3.05) is 13.1 Å². The zero-order valence-corrected chi connectivity index (χ0v) is 15.9. The Morgan fingerprint density at radius 1 is 1.36 bits per heavy atom. The van der Waals surface area contributed by atoms with Gasteiger partial charge in [-0.3, -0.25) is 4.90 Å². The van der Waals surface area contributed by atoms with Crippen molar-refractivity contribution in [3.63, 3.8) is 0 Å². The maximum absolute atomic E-state index is 14.2. The molecule has 0 radical (unpaired) electrons. The van der Waals surface area contributed by atoms with Gasteiger partial charge in [-0.05, 0) is 25.5 Å². The molecule has 1 aromatic carbocycles. The Morgan fingerprint density at radius 3 is 2.79 bits per heavy atom. The number of β-amino-alcohol motifs (C(OH)–C–C–N with tert-alkyl or cyclic N) is 1. The number of benzene rings is 1. The van der Waals surface area contributed by atoms with E-state index in [2.05, 4.69) is 14.9 Å². The van der Waals surface area contributed by atoms with Crippen LogP contribution in [-0.4, -0.2) is 45.4 Å². The molecule has 0 bridgehead atoms. The lowest BCUT2D eigenvalue weighted by Gasteiger charge is -2.38. The van der Waals surface area contributed by atoms with Gasteiger partial charge in [0, 0.05) is 30.6 Å². The summed E-state index contributed by atoms with van der Waals surface area (Å²) in [6.45, 7) is 2.18. The number of alkyl halides is 2. The molecule has 28 heavy (non-hydrogen) atoms. The summed E-state index contributed by atoms with van der Waals surface area (Å²) < 4.78 is 48.1. The first-order valence-corrected chi connectivity index (χ1v) is 9.24. The third kappa shape index (κ3) is 5.23. The van der Waals surface area contributed by atoms with E-state index in [1.807, 2.05) is 18.7 Å². The molecule has 1 aliphatic heterocycles. The second kappa shape index (κ2) is 8.48. The van der Waals surface area contributed by atoms with E-state index in [9.17, 15) is 18.3 Å². The van der Waals surface area contributed by atoms with Gasteiger partial charge in [-0.2, -0.15) is 13.8 Å². The predicted molar refractivity (Wildman–Crippen MR) is 94.6 cm³/mol. The van der Waals surface area contributed by atoms with Crippen molar-refractivity contribution in [3.8, 4) is 5.75 Å². The van der Waals surface area contributed by atoms with Gasteiger partial charge in [-0.1, -0.05) is 25.1 Å². The molecule has 3 rings (SSSR count). The van der Waals surface area contributed by atoms with E-state index < -0.39 is 18.0 Å². The molecule has 1 aromatic heterocycles. The van der Waals surface area contributed by atoms with Crippen LogP contribution in [0.2, 0.25) is 0 Å². The summed E-state index contributed by atoms with van der Waals surface area (Å²) in [6.07, 6.45) is 1.54. The average molecular weight is 399 g/mol. The van der Waals surface area contributed by atoms with E-state index in [4.69, 9.17) is 4.52 Å². The van der Waals surface area contributed by atoms with Crippen molar-refractivity contribution in [2.24, 2.45) is 0 Å². The highest BCUT2D eigenvalue weighted by atomic mass is 19.3. The Bertz CT molecular complexity index is 800. The number of nitrogens with zero attached hydrogens (tertiary/aromatic N) is 3. The van der Waals surface area contributed by atoms with Gasteiger partial charge in [0.15, 0.2) is 5.82 Å². The molecule has 0 spiro atoms. The van der Waals surface area contributed by atoms with E-state index in [0.29, 0.717) is 36.8 Å². The monoisotopic (exact) mass is 399 g/mol. The van der Waals surface area contributed by atoms with Gasteiger partial charge in [-0.25, -0.2) is 4.39 Å². The fraction of sp³-hybridized carbons (Fsp3) is 0.579. The van der Waals surface area contributed by atoms with E-state index in [-0.39, 0.29) is 24.6 Å². The quantitative estimate of drug-likeness (QED) is 0.768. The summed E-state index contributed by atoms with van der Waals surface area (Å²) in [4.78, 5) is 6.24. The molecule has 1 aliphatic rings. The molecule has 1 unspecified atom stereocenters. The molecule has 1 N–H and O–H groups in total. The zero-order valence-electron chi connectivity index (χ0n) is 15.9.